The number of ether oxygens (including phenoxy) is 1. The summed E-state index contributed by atoms with van der Waals surface area (Å²) in [6.07, 6.45) is 0.325. The Morgan fingerprint density at radius 1 is 1.12 bits per heavy atom. The lowest BCUT2D eigenvalue weighted by atomic mass is 10.1. The Bertz CT molecular complexity index is 1300. The van der Waals surface area contributed by atoms with Crippen molar-refractivity contribution in [3.05, 3.63) is 89.0 Å². The summed E-state index contributed by atoms with van der Waals surface area (Å²) < 4.78 is 21.9. The van der Waals surface area contributed by atoms with E-state index in [1.54, 1.807) is 24.1 Å². The van der Waals surface area contributed by atoms with Crippen LogP contribution in [0.2, 0.25) is 5.02 Å². The first-order chi connectivity index (χ1) is 15.5. The zero-order valence-corrected chi connectivity index (χ0v) is 18.2. The fourth-order valence-electron chi connectivity index (χ4n) is 4.32. The predicted octanol–water partition coefficient (Wildman–Crippen LogP) is 5.41. The zero-order valence-electron chi connectivity index (χ0n) is 17.5. The number of halogens is 2. The van der Waals surface area contributed by atoms with Gasteiger partial charge >= 0.3 is 0 Å². The molecule has 0 saturated carbocycles. The Morgan fingerprint density at radius 2 is 1.94 bits per heavy atom. The van der Waals surface area contributed by atoms with Crippen LogP contribution in [0.5, 0.6) is 5.75 Å². The van der Waals surface area contributed by atoms with E-state index in [0.717, 1.165) is 22.5 Å². The van der Waals surface area contributed by atoms with Gasteiger partial charge in [0.15, 0.2) is 0 Å². The van der Waals surface area contributed by atoms with Crippen LogP contribution < -0.4 is 9.64 Å². The number of benzene rings is 3. The molecule has 1 aliphatic rings. The van der Waals surface area contributed by atoms with Crippen LogP contribution in [0.4, 0.5) is 10.1 Å². The van der Waals surface area contributed by atoms with Crippen LogP contribution >= 0.6 is 11.6 Å². The van der Waals surface area contributed by atoms with E-state index in [1.165, 1.54) is 6.07 Å². The SMILES string of the molecule is COc1cccc(N2C[C@@H](c3nc4ccccc4n3Cc3c(F)cccc3Cl)CC2=O)c1. The number of anilines is 1. The molecule has 1 aliphatic heterocycles. The lowest BCUT2D eigenvalue weighted by Crippen LogP contribution is -2.24. The highest BCUT2D eigenvalue weighted by Gasteiger charge is 2.35. The molecule has 0 radical (unpaired) electrons. The third kappa shape index (κ3) is 3.60. The van der Waals surface area contributed by atoms with Gasteiger partial charge in [-0.1, -0.05) is 35.9 Å². The fourth-order valence-corrected chi connectivity index (χ4v) is 4.54. The quantitative estimate of drug-likeness (QED) is 0.409. The topological polar surface area (TPSA) is 47.4 Å². The van der Waals surface area contributed by atoms with Crippen molar-refractivity contribution >= 4 is 34.2 Å². The van der Waals surface area contributed by atoms with E-state index >= 15 is 0 Å². The Balaban J connectivity index is 1.54. The summed E-state index contributed by atoms with van der Waals surface area (Å²) in [6, 6.07) is 19.9. The molecule has 0 N–H and O–H groups in total. The molecule has 0 bridgehead atoms. The van der Waals surface area contributed by atoms with E-state index in [2.05, 4.69) is 0 Å². The number of carbonyl (C=O) groups is 1. The van der Waals surface area contributed by atoms with Gasteiger partial charge in [0.05, 0.1) is 24.7 Å². The highest BCUT2D eigenvalue weighted by atomic mass is 35.5. The van der Waals surface area contributed by atoms with Crippen molar-refractivity contribution in [3.8, 4) is 5.75 Å². The van der Waals surface area contributed by atoms with E-state index < -0.39 is 0 Å². The highest BCUT2D eigenvalue weighted by molar-refractivity contribution is 6.31. The molecule has 0 unspecified atom stereocenters. The summed E-state index contributed by atoms with van der Waals surface area (Å²) in [5, 5.41) is 0.370. The van der Waals surface area contributed by atoms with Crippen molar-refractivity contribution in [1.29, 1.82) is 0 Å². The molecule has 7 heteroatoms. The van der Waals surface area contributed by atoms with Crippen molar-refractivity contribution in [2.45, 2.75) is 18.9 Å². The normalized spacial score (nSPS) is 16.2. The molecule has 0 aliphatic carbocycles. The summed E-state index contributed by atoms with van der Waals surface area (Å²) in [5.74, 6) is 0.976. The third-order valence-electron chi connectivity index (χ3n) is 5.92. The van der Waals surface area contributed by atoms with Crippen LogP contribution in [-0.2, 0) is 11.3 Å². The highest BCUT2D eigenvalue weighted by Crippen LogP contribution is 2.35. The molecule has 5 rings (SSSR count). The van der Waals surface area contributed by atoms with Crippen LogP contribution in [0.1, 0.15) is 23.7 Å². The number of hydrogen-bond donors (Lipinski definition) is 0. The van der Waals surface area contributed by atoms with Gasteiger partial charge in [-0.05, 0) is 36.4 Å². The minimum absolute atomic E-state index is 0.0192. The summed E-state index contributed by atoms with van der Waals surface area (Å²) in [6.45, 7) is 0.728. The number of fused-ring (bicyclic) bond motifs is 1. The fraction of sp³-hybridized carbons (Fsp3) is 0.200. The summed E-state index contributed by atoms with van der Waals surface area (Å²) in [7, 11) is 1.60. The van der Waals surface area contributed by atoms with Crippen LogP contribution in [0.3, 0.4) is 0 Å². The molecule has 0 spiro atoms. The van der Waals surface area contributed by atoms with Gasteiger partial charge in [-0.15, -0.1) is 0 Å². The van der Waals surface area contributed by atoms with Crippen molar-refractivity contribution in [2.75, 3.05) is 18.6 Å². The number of imidazole rings is 1. The van der Waals surface area contributed by atoms with Crippen molar-refractivity contribution < 1.29 is 13.9 Å². The number of aromatic nitrogens is 2. The number of carbonyl (C=O) groups excluding carboxylic acids is 1. The maximum absolute atomic E-state index is 14.6. The first kappa shape index (κ1) is 20.5. The standard InChI is InChI=1S/C25H21ClFN3O2/c1-32-18-7-4-6-17(13-18)29-14-16(12-24(29)31)25-28-22-10-2-3-11-23(22)30(25)15-19-20(26)8-5-9-21(19)27/h2-11,13,16H,12,14-15H2,1H3/t16-/m0/s1. The van der Waals surface area contributed by atoms with E-state index in [-0.39, 0.29) is 24.2 Å². The summed E-state index contributed by atoms with van der Waals surface area (Å²) >= 11 is 6.32. The molecule has 1 atom stereocenters. The number of methoxy groups -OCH3 is 1. The smallest absolute Gasteiger partial charge is 0.227 e. The monoisotopic (exact) mass is 449 g/mol. The second-order valence-corrected chi connectivity index (χ2v) is 8.26. The molecule has 4 aromatic rings. The molecule has 1 fully saturated rings. The average Bonchev–Trinajstić information content (AvgIpc) is 3.37. The Labute approximate surface area is 190 Å². The molecular weight excluding hydrogens is 429 g/mol. The summed E-state index contributed by atoms with van der Waals surface area (Å²) in [4.78, 5) is 19.5. The zero-order chi connectivity index (χ0) is 22.2. The number of rotatable bonds is 5. The van der Waals surface area contributed by atoms with Crippen molar-refractivity contribution in [3.63, 3.8) is 0 Å². The lowest BCUT2D eigenvalue weighted by molar-refractivity contribution is -0.117. The van der Waals surface area contributed by atoms with Gasteiger partial charge in [-0.3, -0.25) is 4.79 Å². The molecule has 1 aromatic heterocycles. The maximum atomic E-state index is 14.6. The molecular formula is C25H21ClFN3O2. The van der Waals surface area contributed by atoms with Crippen molar-refractivity contribution in [1.82, 2.24) is 9.55 Å². The van der Waals surface area contributed by atoms with Crippen LogP contribution in [0.15, 0.2) is 66.7 Å². The largest absolute Gasteiger partial charge is 0.497 e. The second kappa shape index (κ2) is 8.28. The number of amides is 1. The first-order valence-corrected chi connectivity index (χ1v) is 10.8. The Hall–Kier alpha value is -3.38. The van der Waals surface area contributed by atoms with Gasteiger partial charge in [-0.2, -0.15) is 0 Å². The van der Waals surface area contributed by atoms with Crippen LogP contribution in [0.25, 0.3) is 11.0 Å². The first-order valence-electron chi connectivity index (χ1n) is 10.4. The molecule has 162 valence electrons. The lowest BCUT2D eigenvalue weighted by Gasteiger charge is -2.18. The van der Waals surface area contributed by atoms with Crippen LogP contribution in [-0.4, -0.2) is 29.1 Å². The minimum atomic E-state index is -0.360. The Morgan fingerprint density at radius 3 is 2.75 bits per heavy atom. The number of hydrogen-bond acceptors (Lipinski definition) is 3. The average molecular weight is 450 g/mol. The minimum Gasteiger partial charge on any atom is -0.497 e. The molecule has 1 saturated heterocycles. The molecule has 1 amide bonds. The van der Waals surface area contributed by atoms with Gasteiger partial charge in [0.1, 0.15) is 17.4 Å². The van der Waals surface area contributed by atoms with E-state index in [4.69, 9.17) is 21.3 Å². The van der Waals surface area contributed by atoms with Crippen molar-refractivity contribution in [2.24, 2.45) is 0 Å². The Kier molecular flexibility index (Phi) is 5.31. The molecule has 3 aromatic carbocycles. The van der Waals surface area contributed by atoms with Gasteiger partial charge in [0.2, 0.25) is 5.91 Å². The molecule has 5 nitrogen and oxygen atoms in total. The second-order valence-electron chi connectivity index (χ2n) is 7.85. The number of nitrogens with zero attached hydrogens (tertiary/aromatic N) is 3. The molecule has 2 heterocycles. The van der Waals surface area contributed by atoms with Crippen LogP contribution in [0, 0.1) is 5.82 Å². The van der Waals surface area contributed by atoms with E-state index in [1.807, 2.05) is 53.1 Å². The maximum Gasteiger partial charge on any atom is 0.227 e. The van der Waals surface area contributed by atoms with Gasteiger partial charge in [-0.25, -0.2) is 9.37 Å². The summed E-state index contributed by atoms with van der Waals surface area (Å²) in [5.41, 5.74) is 2.89. The van der Waals surface area contributed by atoms with Gasteiger partial charge < -0.3 is 14.2 Å². The predicted molar refractivity (Wildman–Crippen MR) is 123 cm³/mol. The molecule has 32 heavy (non-hydrogen) atoms. The van der Waals surface area contributed by atoms with E-state index in [9.17, 15) is 9.18 Å². The van der Waals surface area contributed by atoms with E-state index in [0.29, 0.717) is 29.3 Å². The number of para-hydroxylation sites is 2. The van der Waals surface area contributed by atoms with Gasteiger partial charge in [0.25, 0.3) is 0 Å². The third-order valence-corrected chi connectivity index (χ3v) is 6.27. The van der Waals surface area contributed by atoms with Gasteiger partial charge in [0, 0.05) is 41.2 Å².